The molecule has 1 saturated carbocycles. The highest BCUT2D eigenvalue weighted by Gasteiger charge is 2.33. The maximum Gasteiger partial charge on any atom is 0.108 e. The van der Waals surface area contributed by atoms with E-state index in [1.54, 1.807) is 0 Å². The second kappa shape index (κ2) is 4.34. The van der Waals surface area contributed by atoms with Crippen LogP contribution in [0.15, 0.2) is 0 Å². The van der Waals surface area contributed by atoms with Crippen LogP contribution in [0.2, 0.25) is 0 Å². The van der Waals surface area contributed by atoms with E-state index in [9.17, 15) is 25.5 Å². The summed E-state index contributed by atoms with van der Waals surface area (Å²) in [4.78, 5) is 0. The number of hydrogen-bond donors (Lipinski definition) is 5. The van der Waals surface area contributed by atoms with Gasteiger partial charge in [-0.05, 0) is 12.8 Å². The van der Waals surface area contributed by atoms with E-state index < -0.39 is 30.5 Å². The molecule has 1 rings (SSSR count). The minimum atomic E-state index is -1.38. The first kappa shape index (κ1) is 10.9. The van der Waals surface area contributed by atoms with Gasteiger partial charge in [-0.3, -0.25) is 0 Å². The van der Waals surface area contributed by atoms with E-state index >= 15 is 0 Å². The lowest BCUT2D eigenvalue weighted by molar-refractivity contribution is -0.126. The normalized spacial score (nSPS) is 48.2. The summed E-state index contributed by atoms with van der Waals surface area (Å²) in [6, 6.07) is 0. The fourth-order valence-corrected chi connectivity index (χ4v) is 1.53. The minimum absolute atomic E-state index is 0.0327. The summed E-state index contributed by atoms with van der Waals surface area (Å²) in [6.07, 6.45) is -5.13. The molecule has 13 heavy (non-hydrogen) atoms. The van der Waals surface area contributed by atoms with Crippen molar-refractivity contribution < 1.29 is 25.5 Å². The summed E-state index contributed by atoms with van der Waals surface area (Å²) in [5.74, 6) is 0. The van der Waals surface area contributed by atoms with E-state index in [0.717, 1.165) is 0 Å². The fraction of sp³-hybridized carbons (Fsp3) is 1.00. The third-order valence-corrected chi connectivity index (χ3v) is 2.45. The van der Waals surface area contributed by atoms with Gasteiger partial charge >= 0.3 is 0 Å². The van der Waals surface area contributed by atoms with Crippen molar-refractivity contribution in [1.29, 1.82) is 0 Å². The second-order valence-electron chi connectivity index (χ2n) is 3.58. The highest BCUT2D eigenvalue weighted by atomic mass is 16.4. The number of hydrogen-bond acceptors (Lipinski definition) is 5. The molecule has 0 saturated heterocycles. The van der Waals surface area contributed by atoms with E-state index in [1.807, 2.05) is 0 Å². The maximum absolute atomic E-state index is 9.27. The molecule has 0 aromatic rings. The van der Waals surface area contributed by atoms with Crippen LogP contribution in [0.3, 0.4) is 0 Å². The summed E-state index contributed by atoms with van der Waals surface area (Å²) >= 11 is 0. The summed E-state index contributed by atoms with van der Waals surface area (Å²) in [5.41, 5.74) is 0. The van der Waals surface area contributed by atoms with Gasteiger partial charge < -0.3 is 25.5 Å². The number of aliphatic hydroxyl groups excluding tert-OH is 5. The largest absolute Gasteiger partial charge is 0.393 e. The molecule has 0 bridgehead atoms. The Morgan fingerprint density at radius 1 is 0.692 bits per heavy atom. The van der Waals surface area contributed by atoms with Gasteiger partial charge in [-0.15, -0.1) is 0 Å². The monoisotopic (exact) mass is 192 g/mol. The van der Waals surface area contributed by atoms with Crippen LogP contribution in [-0.4, -0.2) is 56.1 Å². The molecule has 78 valence electrons. The highest BCUT2D eigenvalue weighted by Crippen LogP contribution is 2.19. The molecule has 0 aromatic heterocycles. The van der Waals surface area contributed by atoms with Gasteiger partial charge in [-0.2, -0.15) is 0 Å². The van der Waals surface area contributed by atoms with Gasteiger partial charge in [0.25, 0.3) is 0 Å². The Kier molecular flexibility index (Phi) is 3.63. The molecule has 0 unspecified atom stereocenters. The number of aliphatic hydroxyl groups is 5. The summed E-state index contributed by atoms with van der Waals surface area (Å²) in [6.45, 7) is 0. The zero-order chi connectivity index (χ0) is 10.0. The van der Waals surface area contributed by atoms with Gasteiger partial charge in [0.05, 0.1) is 18.3 Å². The van der Waals surface area contributed by atoms with Gasteiger partial charge in [0, 0.05) is 6.42 Å². The van der Waals surface area contributed by atoms with Gasteiger partial charge in [0.1, 0.15) is 12.2 Å². The molecule has 0 radical (unpaired) electrons. The van der Waals surface area contributed by atoms with E-state index in [-0.39, 0.29) is 12.8 Å². The Labute approximate surface area is 76.3 Å². The molecule has 0 aliphatic heterocycles. The Bertz CT molecular complexity index is 163. The minimum Gasteiger partial charge on any atom is -0.393 e. The van der Waals surface area contributed by atoms with Gasteiger partial charge in [-0.25, -0.2) is 0 Å². The van der Waals surface area contributed by atoms with Crippen LogP contribution in [0.4, 0.5) is 0 Å². The quantitative estimate of drug-likeness (QED) is 0.305. The third kappa shape index (κ3) is 2.62. The molecule has 0 spiro atoms. The van der Waals surface area contributed by atoms with Crippen LogP contribution in [0, 0.1) is 0 Å². The van der Waals surface area contributed by atoms with Crippen molar-refractivity contribution in [3.8, 4) is 0 Å². The molecule has 5 atom stereocenters. The van der Waals surface area contributed by atoms with Gasteiger partial charge in [-0.1, -0.05) is 0 Å². The average Bonchev–Trinajstić information content (AvgIpc) is 2.10. The van der Waals surface area contributed by atoms with Gasteiger partial charge in [0.15, 0.2) is 0 Å². The first-order valence-corrected chi connectivity index (χ1v) is 4.42. The molecule has 0 aromatic carbocycles. The molecule has 5 N–H and O–H groups in total. The van der Waals surface area contributed by atoms with E-state index in [4.69, 9.17) is 0 Å². The topological polar surface area (TPSA) is 101 Å². The van der Waals surface area contributed by atoms with Crippen LogP contribution >= 0.6 is 0 Å². The van der Waals surface area contributed by atoms with Crippen molar-refractivity contribution in [1.82, 2.24) is 0 Å². The van der Waals surface area contributed by atoms with Crippen molar-refractivity contribution in [2.24, 2.45) is 0 Å². The highest BCUT2D eigenvalue weighted by molar-refractivity contribution is 4.85. The summed E-state index contributed by atoms with van der Waals surface area (Å²) in [7, 11) is 0. The summed E-state index contributed by atoms with van der Waals surface area (Å²) < 4.78 is 0. The van der Waals surface area contributed by atoms with Crippen LogP contribution in [0.25, 0.3) is 0 Å². The van der Waals surface area contributed by atoms with E-state index in [1.165, 1.54) is 0 Å². The Hall–Kier alpha value is -0.200. The molecule has 1 aliphatic carbocycles. The molecule has 1 aliphatic rings. The lowest BCUT2D eigenvalue weighted by Crippen LogP contribution is -2.47. The molecule has 5 nitrogen and oxygen atoms in total. The zero-order valence-electron chi connectivity index (χ0n) is 7.24. The first-order chi connectivity index (χ1) is 6.02. The molecular formula is C8H16O5. The van der Waals surface area contributed by atoms with Crippen molar-refractivity contribution >= 4 is 0 Å². The van der Waals surface area contributed by atoms with Crippen LogP contribution in [0.5, 0.6) is 0 Å². The fourth-order valence-electron chi connectivity index (χ4n) is 1.53. The van der Waals surface area contributed by atoms with Crippen LogP contribution in [-0.2, 0) is 0 Å². The van der Waals surface area contributed by atoms with Crippen molar-refractivity contribution in [2.75, 3.05) is 0 Å². The molecule has 0 heterocycles. The molecular weight excluding hydrogens is 176 g/mol. The van der Waals surface area contributed by atoms with Crippen molar-refractivity contribution in [3.63, 3.8) is 0 Å². The predicted molar refractivity (Wildman–Crippen MR) is 43.9 cm³/mol. The molecule has 5 heteroatoms. The van der Waals surface area contributed by atoms with Crippen LogP contribution in [0.1, 0.15) is 19.3 Å². The van der Waals surface area contributed by atoms with E-state index in [2.05, 4.69) is 0 Å². The molecule has 0 amide bonds. The third-order valence-electron chi connectivity index (χ3n) is 2.45. The first-order valence-electron chi connectivity index (χ1n) is 4.42. The predicted octanol–water partition coefficient (Wildman–Crippen LogP) is -2.03. The SMILES string of the molecule is O[C@@H]1CC[C@@H](O)[C@@H](O)[C@H](O)[C@H](O)C1. The lowest BCUT2D eigenvalue weighted by atomic mass is 9.90. The lowest BCUT2D eigenvalue weighted by Gasteiger charge is -2.30. The Morgan fingerprint density at radius 3 is 1.85 bits per heavy atom. The number of rotatable bonds is 0. The Balaban J connectivity index is 2.62. The van der Waals surface area contributed by atoms with Crippen molar-refractivity contribution in [3.05, 3.63) is 0 Å². The smallest absolute Gasteiger partial charge is 0.108 e. The average molecular weight is 192 g/mol. The standard InChI is InChI=1S/C8H16O5/c9-4-1-2-5(10)7(12)8(13)6(11)3-4/h4-13H,1-3H2/t4-,5-,6-,7-,8-/m1/s1. The Morgan fingerprint density at radius 2 is 1.23 bits per heavy atom. The maximum atomic E-state index is 9.27. The van der Waals surface area contributed by atoms with Gasteiger partial charge in [0.2, 0.25) is 0 Å². The zero-order valence-corrected chi connectivity index (χ0v) is 7.24. The van der Waals surface area contributed by atoms with E-state index in [0.29, 0.717) is 6.42 Å². The summed E-state index contributed by atoms with van der Waals surface area (Å²) in [5, 5.41) is 46.3. The van der Waals surface area contributed by atoms with Crippen LogP contribution < -0.4 is 0 Å². The molecule has 1 fully saturated rings. The van der Waals surface area contributed by atoms with Crippen molar-refractivity contribution in [2.45, 2.75) is 49.8 Å². The second-order valence-corrected chi connectivity index (χ2v) is 3.58.